The monoisotopic (exact) mass is 315 g/mol. The van der Waals surface area contributed by atoms with E-state index < -0.39 is 0 Å². The Morgan fingerprint density at radius 2 is 2.10 bits per heavy atom. The van der Waals surface area contributed by atoms with Crippen molar-refractivity contribution in [2.45, 2.75) is 13.3 Å². The Hall–Kier alpha value is -2.23. The third-order valence-electron chi connectivity index (χ3n) is 2.94. The van der Waals surface area contributed by atoms with Gasteiger partial charge in [-0.2, -0.15) is 9.94 Å². The van der Waals surface area contributed by atoms with Gasteiger partial charge in [-0.15, -0.1) is 16.4 Å². The Morgan fingerprint density at radius 1 is 1.33 bits per heavy atom. The molecule has 0 bridgehead atoms. The summed E-state index contributed by atoms with van der Waals surface area (Å²) in [7, 11) is 0. The summed E-state index contributed by atoms with van der Waals surface area (Å²) < 4.78 is 1.63. The molecule has 2 heterocycles. The summed E-state index contributed by atoms with van der Waals surface area (Å²) >= 11 is 7.36. The van der Waals surface area contributed by atoms with Crippen molar-refractivity contribution in [2.75, 3.05) is 0 Å². The zero-order chi connectivity index (χ0) is 14.8. The molecule has 0 aliphatic carbocycles. The molecule has 0 unspecified atom stereocenters. The van der Waals surface area contributed by atoms with Crippen molar-refractivity contribution in [2.24, 2.45) is 0 Å². The van der Waals surface area contributed by atoms with Gasteiger partial charge in [-0.1, -0.05) is 28.9 Å². The van der Waals surface area contributed by atoms with Crippen LogP contribution in [0.3, 0.4) is 0 Å². The molecule has 5 nitrogen and oxygen atoms in total. The molecule has 0 atom stereocenters. The maximum absolute atomic E-state index is 9.20. The van der Waals surface area contributed by atoms with Crippen molar-refractivity contribution < 1.29 is 0 Å². The van der Waals surface area contributed by atoms with Crippen molar-refractivity contribution in [3.8, 4) is 11.2 Å². The van der Waals surface area contributed by atoms with Gasteiger partial charge in [0.15, 0.2) is 5.69 Å². The summed E-state index contributed by atoms with van der Waals surface area (Å²) in [5, 5.41) is 20.5. The summed E-state index contributed by atoms with van der Waals surface area (Å²) in [4.78, 5) is 4.39. The summed E-state index contributed by atoms with van der Waals surface area (Å²) in [5.74, 6) is 0. The van der Waals surface area contributed by atoms with E-state index in [1.54, 1.807) is 4.68 Å². The predicted octanol–water partition coefficient (Wildman–Crippen LogP) is 3.15. The minimum atomic E-state index is 0.317. The highest BCUT2D eigenvalue weighted by Crippen LogP contribution is 2.20. The lowest BCUT2D eigenvalue weighted by atomic mass is 10.1. The maximum Gasteiger partial charge on any atom is 0.212 e. The average Bonchev–Trinajstić information content (AvgIpc) is 3.07. The first kappa shape index (κ1) is 13.7. The second-order valence-electron chi connectivity index (χ2n) is 4.48. The van der Waals surface area contributed by atoms with E-state index in [1.165, 1.54) is 11.3 Å². The van der Waals surface area contributed by atoms with Gasteiger partial charge in [0.2, 0.25) is 5.13 Å². The molecule has 0 aliphatic rings. The third kappa shape index (κ3) is 2.79. The molecule has 104 valence electrons. The number of hydrogen-bond acceptors (Lipinski definition) is 5. The highest BCUT2D eigenvalue weighted by Gasteiger charge is 2.16. The second kappa shape index (κ2) is 5.64. The topological polar surface area (TPSA) is 67.4 Å². The van der Waals surface area contributed by atoms with Crippen LogP contribution >= 0.6 is 22.9 Å². The Balaban J connectivity index is 2.02. The first-order valence-corrected chi connectivity index (χ1v) is 7.45. The molecular weight excluding hydrogens is 306 g/mol. The van der Waals surface area contributed by atoms with Gasteiger partial charge in [-0.05, 0) is 24.6 Å². The molecule has 0 radical (unpaired) electrons. The van der Waals surface area contributed by atoms with E-state index in [1.807, 2.05) is 36.6 Å². The number of aryl methyl sites for hydroxylation is 1. The minimum absolute atomic E-state index is 0.317. The summed E-state index contributed by atoms with van der Waals surface area (Å²) in [6, 6.07) is 9.58. The number of benzene rings is 1. The lowest BCUT2D eigenvalue weighted by Gasteiger charge is -2.04. The van der Waals surface area contributed by atoms with Crippen LogP contribution in [0, 0.1) is 18.3 Å². The molecule has 3 aromatic rings. The van der Waals surface area contributed by atoms with Crippen molar-refractivity contribution in [3.63, 3.8) is 0 Å². The van der Waals surface area contributed by atoms with Crippen LogP contribution in [0.1, 0.15) is 22.6 Å². The first-order chi connectivity index (χ1) is 10.2. The zero-order valence-corrected chi connectivity index (χ0v) is 12.7. The number of hydrogen-bond donors (Lipinski definition) is 0. The molecule has 0 N–H and O–H groups in total. The summed E-state index contributed by atoms with van der Waals surface area (Å²) in [6.45, 7) is 1.92. The Labute approximate surface area is 130 Å². The van der Waals surface area contributed by atoms with Gasteiger partial charge in [0.1, 0.15) is 6.07 Å². The minimum Gasteiger partial charge on any atom is -0.224 e. The number of thiazole rings is 1. The Bertz CT molecular complexity index is 813. The molecule has 0 spiro atoms. The van der Waals surface area contributed by atoms with Crippen LogP contribution in [0.4, 0.5) is 0 Å². The number of halogens is 1. The van der Waals surface area contributed by atoms with Gasteiger partial charge < -0.3 is 0 Å². The Morgan fingerprint density at radius 3 is 2.71 bits per heavy atom. The largest absolute Gasteiger partial charge is 0.224 e. The number of rotatable bonds is 3. The molecule has 7 heteroatoms. The van der Waals surface area contributed by atoms with E-state index in [4.69, 9.17) is 11.6 Å². The molecule has 0 aliphatic heterocycles. The van der Waals surface area contributed by atoms with Gasteiger partial charge >= 0.3 is 0 Å². The van der Waals surface area contributed by atoms with Crippen molar-refractivity contribution in [3.05, 3.63) is 57.3 Å². The molecule has 21 heavy (non-hydrogen) atoms. The normalized spacial score (nSPS) is 10.5. The average molecular weight is 316 g/mol. The van der Waals surface area contributed by atoms with E-state index in [9.17, 15) is 5.26 Å². The van der Waals surface area contributed by atoms with Crippen LogP contribution in [0.25, 0.3) is 5.13 Å². The smallest absolute Gasteiger partial charge is 0.212 e. The van der Waals surface area contributed by atoms with Crippen LogP contribution in [0.2, 0.25) is 5.02 Å². The highest BCUT2D eigenvalue weighted by atomic mass is 35.5. The lowest BCUT2D eigenvalue weighted by Crippen LogP contribution is -2.04. The fourth-order valence-electron chi connectivity index (χ4n) is 1.94. The van der Waals surface area contributed by atoms with Gasteiger partial charge in [-0.3, -0.25) is 0 Å². The zero-order valence-electron chi connectivity index (χ0n) is 11.1. The molecule has 0 saturated carbocycles. The number of nitrogens with zero attached hydrogens (tertiary/aromatic N) is 5. The van der Waals surface area contributed by atoms with Crippen LogP contribution < -0.4 is 0 Å². The standard InChI is InChI=1S/C14H10ClN5S/c1-9-8-21-14(17-9)20-13(12(7-16)18-19-20)6-10-2-4-11(15)5-3-10/h2-5,8H,6H2,1H3. The van der Waals surface area contributed by atoms with Gasteiger partial charge in [0, 0.05) is 16.8 Å². The van der Waals surface area contributed by atoms with E-state index in [0.717, 1.165) is 17.0 Å². The molecule has 0 amide bonds. The van der Waals surface area contributed by atoms with Crippen LogP contribution in [0.5, 0.6) is 0 Å². The molecule has 3 rings (SSSR count). The summed E-state index contributed by atoms with van der Waals surface area (Å²) in [5.41, 5.74) is 3.00. The summed E-state index contributed by atoms with van der Waals surface area (Å²) in [6.07, 6.45) is 0.547. The number of nitriles is 1. The lowest BCUT2D eigenvalue weighted by molar-refractivity contribution is 0.765. The van der Waals surface area contributed by atoms with Crippen molar-refractivity contribution >= 4 is 22.9 Å². The number of aromatic nitrogens is 4. The molecule has 1 aromatic carbocycles. The predicted molar refractivity (Wildman–Crippen MR) is 80.7 cm³/mol. The van der Waals surface area contributed by atoms with E-state index in [2.05, 4.69) is 21.4 Å². The second-order valence-corrected chi connectivity index (χ2v) is 5.76. The van der Waals surface area contributed by atoms with Crippen molar-refractivity contribution in [1.82, 2.24) is 20.0 Å². The quantitative estimate of drug-likeness (QED) is 0.744. The third-order valence-corrected chi connectivity index (χ3v) is 4.13. The molecule has 0 saturated heterocycles. The van der Waals surface area contributed by atoms with E-state index >= 15 is 0 Å². The fourth-order valence-corrected chi connectivity index (χ4v) is 2.83. The van der Waals surface area contributed by atoms with Crippen LogP contribution in [-0.4, -0.2) is 20.0 Å². The molecular formula is C14H10ClN5S. The SMILES string of the molecule is Cc1csc(-n2nnc(C#N)c2Cc2ccc(Cl)cc2)n1. The van der Waals surface area contributed by atoms with Gasteiger partial charge in [0.05, 0.1) is 11.4 Å². The highest BCUT2D eigenvalue weighted by molar-refractivity contribution is 7.12. The first-order valence-electron chi connectivity index (χ1n) is 6.19. The van der Waals surface area contributed by atoms with Gasteiger partial charge in [0.25, 0.3) is 0 Å². The molecule has 0 fully saturated rings. The van der Waals surface area contributed by atoms with E-state index in [0.29, 0.717) is 22.3 Å². The fraction of sp³-hybridized carbons (Fsp3) is 0.143. The van der Waals surface area contributed by atoms with Gasteiger partial charge in [-0.25, -0.2) is 4.98 Å². The van der Waals surface area contributed by atoms with Crippen LogP contribution in [-0.2, 0) is 6.42 Å². The maximum atomic E-state index is 9.20. The van der Waals surface area contributed by atoms with E-state index in [-0.39, 0.29) is 0 Å². The van der Waals surface area contributed by atoms with Crippen LogP contribution in [0.15, 0.2) is 29.6 Å². The van der Waals surface area contributed by atoms with Crippen molar-refractivity contribution in [1.29, 1.82) is 5.26 Å². The molecule has 2 aromatic heterocycles. The Kier molecular flexibility index (Phi) is 3.69.